The van der Waals surface area contributed by atoms with Crippen LogP contribution < -0.4 is 4.90 Å². The molecule has 7 heteroatoms. The summed E-state index contributed by atoms with van der Waals surface area (Å²) in [4.78, 5) is 31.1. The molecule has 0 radical (unpaired) electrons. The number of aromatic nitrogens is 1. The van der Waals surface area contributed by atoms with Crippen LogP contribution in [0.4, 0.5) is 9.39 Å². The molecule has 2 aromatic rings. The van der Waals surface area contributed by atoms with Crippen LogP contribution in [0, 0.1) is 17.8 Å². The minimum Gasteiger partial charge on any atom is -0.478 e. The van der Waals surface area contributed by atoms with E-state index in [4.69, 9.17) is 0 Å². The summed E-state index contributed by atoms with van der Waals surface area (Å²) in [7, 11) is 0. The minimum atomic E-state index is -1.08. The van der Waals surface area contributed by atoms with Crippen molar-refractivity contribution in [2.75, 3.05) is 4.90 Å². The number of carboxylic acids is 1. The molecule has 150 valence electrons. The highest BCUT2D eigenvalue weighted by Gasteiger charge is 2.33. The molecule has 1 aliphatic carbocycles. The summed E-state index contributed by atoms with van der Waals surface area (Å²) in [6, 6.07) is 4.18. The smallest absolute Gasteiger partial charge is 0.338 e. The molecule has 2 heterocycles. The van der Waals surface area contributed by atoms with Gasteiger partial charge in [-0.2, -0.15) is 4.39 Å². The van der Waals surface area contributed by atoms with Crippen LogP contribution in [-0.2, 0) is 4.79 Å². The molecule has 0 atom stereocenters. The van der Waals surface area contributed by atoms with Crippen molar-refractivity contribution in [1.82, 2.24) is 4.98 Å². The van der Waals surface area contributed by atoms with Crippen molar-refractivity contribution in [3.63, 3.8) is 0 Å². The number of carbonyl (C=O) groups is 2. The van der Waals surface area contributed by atoms with Gasteiger partial charge in [0.15, 0.2) is 0 Å². The van der Waals surface area contributed by atoms with E-state index in [0.717, 1.165) is 25.7 Å². The fourth-order valence-corrected chi connectivity index (χ4v) is 4.95. The molecule has 3 rings (SSSR count). The third-order valence-electron chi connectivity index (χ3n) is 5.29. The van der Waals surface area contributed by atoms with Crippen molar-refractivity contribution in [3.8, 4) is 10.4 Å². The molecule has 2 aromatic heterocycles. The number of pyridine rings is 1. The zero-order valence-electron chi connectivity index (χ0n) is 16.3. The second kappa shape index (κ2) is 8.39. The Balaban J connectivity index is 1.99. The third kappa shape index (κ3) is 4.24. The number of aromatic carboxylic acids is 1. The van der Waals surface area contributed by atoms with E-state index in [-0.39, 0.29) is 23.4 Å². The van der Waals surface area contributed by atoms with Gasteiger partial charge >= 0.3 is 5.97 Å². The summed E-state index contributed by atoms with van der Waals surface area (Å²) in [5.74, 6) is -1.12. The lowest BCUT2D eigenvalue weighted by Crippen LogP contribution is -2.42. The average Bonchev–Trinajstić information content (AvgIpc) is 3.07. The highest BCUT2D eigenvalue weighted by Crippen LogP contribution is 2.40. The fraction of sp³-hybridized carbons (Fsp3) is 0.476. The number of halogens is 1. The van der Waals surface area contributed by atoms with E-state index in [1.807, 2.05) is 13.8 Å². The number of thiophene rings is 1. The van der Waals surface area contributed by atoms with Crippen LogP contribution in [0.15, 0.2) is 24.4 Å². The van der Waals surface area contributed by atoms with Gasteiger partial charge in [0, 0.05) is 28.6 Å². The van der Waals surface area contributed by atoms with Crippen LogP contribution in [0.1, 0.15) is 56.8 Å². The van der Waals surface area contributed by atoms with Crippen molar-refractivity contribution >= 4 is 28.2 Å². The maximum absolute atomic E-state index is 13.3. The lowest BCUT2D eigenvalue weighted by atomic mass is 9.82. The fourth-order valence-electron chi connectivity index (χ4n) is 3.67. The standard InChI is InChI=1S/C21H25FN2O3S/c1-12(2)24(19(25)14-6-4-13(3)5-7-14)20-16(21(26)27)10-17(28-20)15-8-9-18(22)23-11-15/h8-14H,4-7H2,1-3H3,(H,26,27). The predicted octanol–water partition coefficient (Wildman–Crippen LogP) is 5.22. The van der Waals surface area contributed by atoms with Crippen LogP contribution in [0.2, 0.25) is 0 Å². The Hall–Kier alpha value is -2.28. The molecule has 28 heavy (non-hydrogen) atoms. The van der Waals surface area contributed by atoms with Gasteiger partial charge in [-0.1, -0.05) is 6.92 Å². The van der Waals surface area contributed by atoms with Crippen LogP contribution in [0.25, 0.3) is 10.4 Å². The van der Waals surface area contributed by atoms with Gasteiger partial charge in [-0.15, -0.1) is 11.3 Å². The first-order valence-electron chi connectivity index (χ1n) is 9.60. The second-order valence-corrected chi connectivity index (χ2v) is 8.79. The summed E-state index contributed by atoms with van der Waals surface area (Å²) in [6.07, 6.45) is 5.09. The number of anilines is 1. The van der Waals surface area contributed by atoms with Crippen LogP contribution in [0.3, 0.4) is 0 Å². The lowest BCUT2D eigenvalue weighted by Gasteiger charge is -2.33. The molecule has 1 amide bonds. The summed E-state index contributed by atoms with van der Waals surface area (Å²) in [5.41, 5.74) is 0.721. The second-order valence-electron chi connectivity index (χ2n) is 7.76. The van der Waals surface area contributed by atoms with Crippen molar-refractivity contribution in [2.45, 2.75) is 52.5 Å². The van der Waals surface area contributed by atoms with E-state index in [1.165, 1.54) is 23.6 Å². The van der Waals surface area contributed by atoms with Crippen molar-refractivity contribution in [2.24, 2.45) is 11.8 Å². The normalized spacial score (nSPS) is 19.6. The summed E-state index contributed by atoms with van der Waals surface area (Å²) >= 11 is 1.24. The van der Waals surface area contributed by atoms with Gasteiger partial charge < -0.3 is 10.0 Å². The SMILES string of the molecule is CC1CCC(C(=O)N(c2sc(-c3ccc(F)nc3)cc2C(=O)O)C(C)C)CC1. The topological polar surface area (TPSA) is 70.5 Å². The largest absolute Gasteiger partial charge is 0.478 e. The first-order chi connectivity index (χ1) is 13.3. The van der Waals surface area contributed by atoms with Gasteiger partial charge in [-0.3, -0.25) is 4.79 Å². The van der Waals surface area contributed by atoms with Gasteiger partial charge in [-0.25, -0.2) is 9.78 Å². The number of carbonyl (C=O) groups excluding carboxylic acids is 1. The van der Waals surface area contributed by atoms with E-state index < -0.39 is 11.9 Å². The quantitative estimate of drug-likeness (QED) is 0.694. The zero-order chi connectivity index (χ0) is 20.4. The summed E-state index contributed by atoms with van der Waals surface area (Å²) in [6.45, 7) is 5.99. The monoisotopic (exact) mass is 404 g/mol. The molecule has 5 nitrogen and oxygen atoms in total. The van der Waals surface area contributed by atoms with E-state index in [1.54, 1.807) is 17.0 Å². The van der Waals surface area contributed by atoms with E-state index in [9.17, 15) is 19.1 Å². The van der Waals surface area contributed by atoms with Gasteiger partial charge in [0.1, 0.15) is 5.00 Å². The lowest BCUT2D eigenvalue weighted by molar-refractivity contribution is -0.123. The molecular weight excluding hydrogens is 379 g/mol. The Kier molecular flexibility index (Phi) is 6.13. The van der Waals surface area contributed by atoms with Gasteiger partial charge in [-0.05, 0) is 63.6 Å². The maximum atomic E-state index is 13.3. The Morgan fingerprint density at radius 1 is 1.25 bits per heavy atom. The molecule has 0 unspecified atom stereocenters. The molecule has 1 N–H and O–H groups in total. The zero-order valence-corrected chi connectivity index (χ0v) is 17.1. The van der Waals surface area contributed by atoms with Crippen molar-refractivity contribution in [3.05, 3.63) is 35.9 Å². The van der Waals surface area contributed by atoms with Crippen molar-refractivity contribution < 1.29 is 19.1 Å². The molecular formula is C21H25FN2O3S. The molecule has 0 saturated heterocycles. The van der Waals surface area contributed by atoms with Gasteiger partial charge in [0.2, 0.25) is 11.9 Å². The average molecular weight is 405 g/mol. The number of nitrogens with zero attached hydrogens (tertiary/aromatic N) is 2. The number of amides is 1. The number of hydrogen-bond donors (Lipinski definition) is 1. The highest BCUT2D eigenvalue weighted by molar-refractivity contribution is 7.20. The minimum absolute atomic E-state index is 0.00460. The van der Waals surface area contributed by atoms with Crippen LogP contribution >= 0.6 is 11.3 Å². The Labute approximate surface area is 168 Å². The van der Waals surface area contributed by atoms with Crippen molar-refractivity contribution in [1.29, 1.82) is 0 Å². The molecule has 0 spiro atoms. The molecule has 0 bridgehead atoms. The number of carboxylic acid groups (broad SMARTS) is 1. The molecule has 0 aromatic carbocycles. The Bertz CT molecular complexity index is 855. The first-order valence-corrected chi connectivity index (χ1v) is 10.4. The maximum Gasteiger partial charge on any atom is 0.338 e. The van der Waals surface area contributed by atoms with Crippen LogP contribution in [0.5, 0.6) is 0 Å². The van der Waals surface area contributed by atoms with Gasteiger partial charge in [0.25, 0.3) is 0 Å². The third-order valence-corrected chi connectivity index (χ3v) is 6.48. The summed E-state index contributed by atoms with van der Waals surface area (Å²) < 4.78 is 13.1. The van der Waals surface area contributed by atoms with Gasteiger partial charge in [0.05, 0.1) is 5.56 Å². The Morgan fingerprint density at radius 2 is 1.93 bits per heavy atom. The first kappa shape index (κ1) is 20.5. The van der Waals surface area contributed by atoms with E-state index >= 15 is 0 Å². The molecule has 1 fully saturated rings. The molecule has 0 aliphatic heterocycles. The predicted molar refractivity (Wildman–Crippen MR) is 108 cm³/mol. The highest BCUT2D eigenvalue weighted by atomic mass is 32.1. The van der Waals surface area contributed by atoms with E-state index in [2.05, 4.69) is 11.9 Å². The summed E-state index contributed by atoms with van der Waals surface area (Å²) in [5, 5.41) is 10.2. The molecule has 1 aliphatic rings. The molecule has 1 saturated carbocycles. The van der Waals surface area contributed by atoms with E-state index in [0.29, 0.717) is 21.4 Å². The van der Waals surface area contributed by atoms with Crippen LogP contribution in [-0.4, -0.2) is 28.0 Å². The number of hydrogen-bond acceptors (Lipinski definition) is 4. The number of rotatable bonds is 5. The Morgan fingerprint density at radius 3 is 2.46 bits per heavy atom.